The Morgan fingerprint density at radius 1 is 1.27 bits per heavy atom. The summed E-state index contributed by atoms with van der Waals surface area (Å²) < 4.78 is 0. The number of hydrogen-bond donors (Lipinski definition) is 2. The molecule has 0 saturated heterocycles. The molecule has 86 valence electrons. The van der Waals surface area contributed by atoms with Crippen molar-refractivity contribution in [1.82, 2.24) is 9.97 Å². The van der Waals surface area contributed by atoms with Gasteiger partial charge in [-0.2, -0.15) is 0 Å². The fraction of sp³-hybridized carbons (Fsp3) is 0.750. The summed E-state index contributed by atoms with van der Waals surface area (Å²) in [7, 11) is 0. The second-order valence-corrected chi connectivity index (χ2v) is 4.05. The second kappa shape index (κ2) is 5.91. The summed E-state index contributed by atoms with van der Waals surface area (Å²) >= 11 is 0. The highest BCUT2D eigenvalue weighted by Gasteiger charge is 2.12. The van der Waals surface area contributed by atoms with Crippen LogP contribution in [0.3, 0.4) is 0 Å². The van der Waals surface area contributed by atoms with Crippen LogP contribution in [0.4, 0.5) is 0 Å². The van der Waals surface area contributed by atoms with E-state index in [0.717, 1.165) is 37.9 Å². The zero-order valence-corrected chi connectivity index (χ0v) is 10.1. The Hall–Kier alpha value is -0.830. The standard InChI is InChI=1S/C12H23N3/c1-4-7-9(13)12-14-10(6-3)11(15-12)8-5-2/h9H,4-8,13H2,1-3H3,(H,14,15). The summed E-state index contributed by atoms with van der Waals surface area (Å²) in [5, 5.41) is 0. The van der Waals surface area contributed by atoms with Crippen molar-refractivity contribution < 1.29 is 0 Å². The van der Waals surface area contributed by atoms with E-state index in [-0.39, 0.29) is 6.04 Å². The smallest absolute Gasteiger partial charge is 0.123 e. The van der Waals surface area contributed by atoms with Crippen LogP contribution in [0.1, 0.15) is 63.3 Å². The lowest BCUT2D eigenvalue weighted by Gasteiger charge is -2.05. The lowest BCUT2D eigenvalue weighted by molar-refractivity contribution is 0.606. The van der Waals surface area contributed by atoms with Crippen LogP contribution in [-0.2, 0) is 12.8 Å². The van der Waals surface area contributed by atoms with Crippen molar-refractivity contribution in [1.29, 1.82) is 0 Å². The molecule has 0 bridgehead atoms. The van der Waals surface area contributed by atoms with Crippen molar-refractivity contribution >= 4 is 0 Å². The van der Waals surface area contributed by atoms with Crippen molar-refractivity contribution in [2.75, 3.05) is 0 Å². The van der Waals surface area contributed by atoms with E-state index in [1.165, 1.54) is 11.4 Å². The lowest BCUT2D eigenvalue weighted by Crippen LogP contribution is -2.11. The maximum atomic E-state index is 6.04. The molecule has 1 aromatic rings. The van der Waals surface area contributed by atoms with E-state index in [1.54, 1.807) is 0 Å². The van der Waals surface area contributed by atoms with Gasteiger partial charge in [0.15, 0.2) is 0 Å². The number of imidazole rings is 1. The van der Waals surface area contributed by atoms with E-state index < -0.39 is 0 Å². The fourth-order valence-corrected chi connectivity index (χ4v) is 1.84. The van der Waals surface area contributed by atoms with E-state index in [9.17, 15) is 0 Å². The minimum Gasteiger partial charge on any atom is -0.344 e. The first-order valence-electron chi connectivity index (χ1n) is 6.06. The predicted octanol–water partition coefficient (Wildman–Crippen LogP) is 2.72. The number of aryl methyl sites for hydroxylation is 2. The van der Waals surface area contributed by atoms with Gasteiger partial charge in [-0.05, 0) is 19.3 Å². The Kier molecular flexibility index (Phi) is 4.82. The Morgan fingerprint density at radius 3 is 2.53 bits per heavy atom. The van der Waals surface area contributed by atoms with Gasteiger partial charge in [0.25, 0.3) is 0 Å². The molecular formula is C12H23N3. The number of aromatic amines is 1. The molecule has 1 heterocycles. The molecule has 0 fully saturated rings. The van der Waals surface area contributed by atoms with Gasteiger partial charge < -0.3 is 10.7 Å². The van der Waals surface area contributed by atoms with E-state index in [4.69, 9.17) is 5.73 Å². The maximum Gasteiger partial charge on any atom is 0.123 e. The first-order chi connectivity index (χ1) is 7.22. The summed E-state index contributed by atoms with van der Waals surface area (Å²) in [5.41, 5.74) is 8.52. The van der Waals surface area contributed by atoms with Gasteiger partial charge in [0.05, 0.1) is 11.7 Å². The van der Waals surface area contributed by atoms with Gasteiger partial charge in [0.1, 0.15) is 5.82 Å². The zero-order chi connectivity index (χ0) is 11.3. The van der Waals surface area contributed by atoms with Gasteiger partial charge in [-0.3, -0.25) is 0 Å². The van der Waals surface area contributed by atoms with Crippen LogP contribution in [-0.4, -0.2) is 9.97 Å². The Bertz CT molecular complexity index is 291. The molecule has 15 heavy (non-hydrogen) atoms. The third-order valence-electron chi connectivity index (χ3n) is 2.67. The Balaban J connectivity index is 2.81. The quantitative estimate of drug-likeness (QED) is 0.757. The first kappa shape index (κ1) is 12.2. The van der Waals surface area contributed by atoms with Crippen molar-refractivity contribution in [2.45, 2.75) is 58.9 Å². The molecule has 1 unspecified atom stereocenters. The molecule has 3 N–H and O–H groups in total. The number of nitrogens with one attached hydrogen (secondary N) is 1. The SMILES string of the molecule is CCCc1[nH]c(C(N)CCC)nc1CC. The van der Waals surface area contributed by atoms with Crippen LogP contribution in [0.25, 0.3) is 0 Å². The highest BCUT2D eigenvalue weighted by atomic mass is 15.0. The summed E-state index contributed by atoms with van der Waals surface area (Å²) in [6, 6.07) is 0.0749. The van der Waals surface area contributed by atoms with Crippen molar-refractivity contribution in [3.05, 3.63) is 17.2 Å². The number of nitrogens with zero attached hydrogens (tertiary/aromatic N) is 1. The number of nitrogens with two attached hydrogens (primary N) is 1. The largest absolute Gasteiger partial charge is 0.344 e. The molecule has 0 aliphatic heterocycles. The molecule has 0 aliphatic carbocycles. The molecule has 0 radical (unpaired) electrons. The molecule has 3 nitrogen and oxygen atoms in total. The summed E-state index contributed by atoms with van der Waals surface area (Å²) in [5.74, 6) is 0.970. The van der Waals surface area contributed by atoms with Crippen molar-refractivity contribution in [3.63, 3.8) is 0 Å². The topological polar surface area (TPSA) is 54.7 Å². The van der Waals surface area contributed by atoms with E-state index in [2.05, 4.69) is 30.7 Å². The van der Waals surface area contributed by atoms with Crippen LogP contribution >= 0.6 is 0 Å². The second-order valence-electron chi connectivity index (χ2n) is 4.05. The highest BCUT2D eigenvalue weighted by molar-refractivity contribution is 5.16. The van der Waals surface area contributed by atoms with Crippen LogP contribution < -0.4 is 5.73 Å². The molecule has 1 atom stereocenters. The van der Waals surface area contributed by atoms with Gasteiger partial charge in [-0.25, -0.2) is 4.98 Å². The van der Waals surface area contributed by atoms with Gasteiger partial charge in [0, 0.05) is 5.69 Å². The Morgan fingerprint density at radius 2 is 2.00 bits per heavy atom. The third-order valence-corrected chi connectivity index (χ3v) is 2.67. The molecule has 1 aromatic heterocycles. The summed E-state index contributed by atoms with van der Waals surface area (Å²) in [4.78, 5) is 7.97. The van der Waals surface area contributed by atoms with Crippen LogP contribution in [0, 0.1) is 0 Å². The third kappa shape index (κ3) is 3.06. The number of rotatable bonds is 6. The Labute approximate surface area is 92.5 Å². The maximum absolute atomic E-state index is 6.04. The summed E-state index contributed by atoms with van der Waals surface area (Å²) in [6.45, 7) is 6.48. The minimum atomic E-state index is 0.0749. The average Bonchev–Trinajstić information content (AvgIpc) is 2.62. The molecule has 0 aromatic carbocycles. The van der Waals surface area contributed by atoms with Gasteiger partial charge in [0.2, 0.25) is 0 Å². The number of aromatic nitrogens is 2. The molecular weight excluding hydrogens is 186 g/mol. The van der Waals surface area contributed by atoms with Crippen LogP contribution in [0.2, 0.25) is 0 Å². The van der Waals surface area contributed by atoms with Crippen LogP contribution in [0.5, 0.6) is 0 Å². The minimum absolute atomic E-state index is 0.0749. The molecule has 0 spiro atoms. The zero-order valence-electron chi connectivity index (χ0n) is 10.1. The lowest BCUT2D eigenvalue weighted by atomic mass is 10.2. The average molecular weight is 209 g/mol. The summed E-state index contributed by atoms with van der Waals surface area (Å²) in [6.07, 6.45) is 5.33. The predicted molar refractivity (Wildman–Crippen MR) is 63.8 cm³/mol. The molecule has 3 heteroatoms. The number of H-pyrrole nitrogens is 1. The van der Waals surface area contributed by atoms with Gasteiger partial charge in [-0.15, -0.1) is 0 Å². The molecule has 0 saturated carbocycles. The van der Waals surface area contributed by atoms with E-state index >= 15 is 0 Å². The van der Waals surface area contributed by atoms with Gasteiger partial charge >= 0.3 is 0 Å². The normalized spacial score (nSPS) is 13.1. The number of hydrogen-bond acceptors (Lipinski definition) is 2. The van der Waals surface area contributed by atoms with Gasteiger partial charge in [-0.1, -0.05) is 33.6 Å². The first-order valence-corrected chi connectivity index (χ1v) is 6.06. The fourth-order valence-electron chi connectivity index (χ4n) is 1.84. The van der Waals surface area contributed by atoms with Crippen molar-refractivity contribution in [3.8, 4) is 0 Å². The molecule has 0 amide bonds. The van der Waals surface area contributed by atoms with E-state index in [1.807, 2.05) is 0 Å². The molecule has 0 aliphatic rings. The molecule has 1 rings (SSSR count). The highest BCUT2D eigenvalue weighted by Crippen LogP contribution is 2.16. The van der Waals surface area contributed by atoms with Crippen LogP contribution in [0.15, 0.2) is 0 Å². The van der Waals surface area contributed by atoms with E-state index in [0.29, 0.717) is 0 Å². The van der Waals surface area contributed by atoms with Crippen molar-refractivity contribution in [2.24, 2.45) is 5.73 Å². The monoisotopic (exact) mass is 209 g/mol.